The zero-order chi connectivity index (χ0) is 17.9. The topological polar surface area (TPSA) is 62.1 Å². The molecule has 1 aromatic carbocycles. The van der Waals surface area contributed by atoms with Gasteiger partial charge in [-0.1, -0.05) is 18.2 Å². The number of amides is 1. The van der Waals surface area contributed by atoms with Crippen LogP contribution >= 0.6 is 0 Å². The van der Waals surface area contributed by atoms with Crippen molar-refractivity contribution in [1.29, 1.82) is 0 Å². The van der Waals surface area contributed by atoms with Crippen molar-refractivity contribution in [1.82, 2.24) is 9.21 Å². The van der Waals surface area contributed by atoms with Crippen LogP contribution in [-0.2, 0) is 14.8 Å². The highest BCUT2D eigenvalue weighted by Gasteiger charge is 2.32. The van der Waals surface area contributed by atoms with Crippen molar-refractivity contribution in [3.05, 3.63) is 30.3 Å². The van der Waals surface area contributed by atoms with E-state index in [0.29, 0.717) is 43.7 Å². The lowest BCUT2D eigenvalue weighted by Crippen LogP contribution is -3.17. The van der Waals surface area contributed by atoms with E-state index >= 15 is 0 Å². The van der Waals surface area contributed by atoms with E-state index in [2.05, 4.69) is 6.92 Å². The Morgan fingerprint density at radius 3 is 2.44 bits per heavy atom. The average Bonchev–Trinajstić information content (AvgIpc) is 2.64. The summed E-state index contributed by atoms with van der Waals surface area (Å²) in [5.41, 5.74) is 0. The third-order valence-electron chi connectivity index (χ3n) is 5.43. The maximum atomic E-state index is 12.6. The molecule has 2 atom stereocenters. The third-order valence-corrected chi connectivity index (χ3v) is 7.35. The number of sulfonamides is 1. The van der Waals surface area contributed by atoms with E-state index in [-0.39, 0.29) is 5.91 Å². The number of piperidine rings is 1. The highest BCUT2D eigenvalue weighted by atomic mass is 32.2. The maximum absolute atomic E-state index is 12.6. The van der Waals surface area contributed by atoms with Crippen LogP contribution in [0.15, 0.2) is 35.2 Å². The zero-order valence-corrected chi connectivity index (χ0v) is 15.7. The van der Waals surface area contributed by atoms with Crippen molar-refractivity contribution in [3.63, 3.8) is 0 Å². The predicted molar refractivity (Wildman–Crippen MR) is 95.8 cm³/mol. The van der Waals surface area contributed by atoms with Crippen molar-refractivity contribution < 1.29 is 18.1 Å². The molecule has 25 heavy (non-hydrogen) atoms. The van der Waals surface area contributed by atoms with Crippen molar-refractivity contribution in [2.75, 3.05) is 39.3 Å². The Morgan fingerprint density at radius 1 is 1.12 bits per heavy atom. The van der Waals surface area contributed by atoms with Gasteiger partial charge >= 0.3 is 0 Å². The molecule has 1 aromatic rings. The van der Waals surface area contributed by atoms with E-state index in [9.17, 15) is 13.2 Å². The molecule has 2 heterocycles. The van der Waals surface area contributed by atoms with Gasteiger partial charge in [0.25, 0.3) is 5.91 Å². The lowest BCUT2D eigenvalue weighted by molar-refractivity contribution is -0.921. The minimum atomic E-state index is -3.46. The molecule has 0 radical (unpaired) electrons. The van der Waals surface area contributed by atoms with Crippen molar-refractivity contribution in [2.45, 2.75) is 37.1 Å². The monoisotopic (exact) mass is 366 g/mol. The molecule has 2 fully saturated rings. The van der Waals surface area contributed by atoms with Crippen LogP contribution in [0, 0.1) is 0 Å². The summed E-state index contributed by atoms with van der Waals surface area (Å²) >= 11 is 0. The summed E-state index contributed by atoms with van der Waals surface area (Å²) in [6, 6.07) is 9.05. The first-order chi connectivity index (χ1) is 12.0. The quantitative estimate of drug-likeness (QED) is 0.815. The van der Waals surface area contributed by atoms with Gasteiger partial charge in [-0.15, -0.1) is 0 Å². The number of hydrogen-bond donors (Lipinski definition) is 1. The van der Waals surface area contributed by atoms with Gasteiger partial charge in [0.15, 0.2) is 6.54 Å². The Hall–Kier alpha value is -1.44. The predicted octanol–water partition coefficient (Wildman–Crippen LogP) is -0.0232. The van der Waals surface area contributed by atoms with Crippen LogP contribution in [0.2, 0.25) is 0 Å². The normalized spacial score (nSPS) is 25.7. The van der Waals surface area contributed by atoms with Gasteiger partial charge in [0, 0.05) is 26.2 Å². The summed E-state index contributed by atoms with van der Waals surface area (Å²) in [6.07, 6.45) is 3.64. The highest BCUT2D eigenvalue weighted by Crippen LogP contribution is 2.17. The Labute approximate surface area is 150 Å². The second kappa shape index (κ2) is 7.85. The first-order valence-corrected chi connectivity index (χ1v) is 10.6. The molecule has 6 nitrogen and oxygen atoms in total. The smallest absolute Gasteiger partial charge is 0.277 e. The van der Waals surface area contributed by atoms with Crippen LogP contribution in [0.4, 0.5) is 0 Å². The molecule has 0 aromatic heterocycles. The van der Waals surface area contributed by atoms with Gasteiger partial charge < -0.3 is 9.80 Å². The molecule has 2 saturated heterocycles. The number of nitrogens with zero attached hydrogens (tertiary/aromatic N) is 2. The number of hydrogen-bond acceptors (Lipinski definition) is 3. The summed E-state index contributed by atoms with van der Waals surface area (Å²) in [4.78, 5) is 16.1. The van der Waals surface area contributed by atoms with Crippen molar-refractivity contribution in [3.8, 4) is 0 Å². The molecule has 1 unspecified atom stereocenters. The third kappa shape index (κ3) is 4.22. The maximum Gasteiger partial charge on any atom is 0.277 e. The Morgan fingerprint density at radius 2 is 1.80 bits per heavy atom. The number of benzene rings is 1. The number of carbonyl (C=O) groups is 1. The number of rotatable bonds is 4. The molecular weight excluding hydrogens is 338 g/mol. The number of likely N-dealkylation sites (tertiary alicyclic amines) is 1. The van der Waals surface area contributed by atoms with Crippen LogP contribution in [-0.4, -0.2) is 68.8 Å². The standard InChI is InChI=1S/C18H27N3O3S/c1-16-7-5-6-10-20(16)15-18(22)19-11-13-21(14-12-19)25(23,24)17-8-3-2-4-9-17/h2-4,8-9,16H,5-7,10-15H2,1H3/p+1/t16-/m0/s1. The molecule has 2 aliphatic heterocycles. The number of quaternary nitrogens is 1. The van der Waals surface area contributed by atoms with Gasteiger partial charge in [-0.2, -0.15) is 4.31 Å². The largest absolute Gasteiger partial charge is 0.335 e. The fraction of sp³-hybridized carbons (Fsp3) is 0.611. The summed E-state index contributed by atoms with van der Waals surface area (Å²) in [5.74, 6) is 0.153. The first kappa shape index (κ1) is 18.4. The first-order valence-electron chi connectivity index (χ1n) is 9.16. The van der Waals surface area contributed by atoms with E-state index in [1.165, 1.54) is 28.5 Å². The summed E-state index contributed by atoms with van der Waals surface area (Å²) in [5, 5.41) is 0. The number of nitrogens with one attached hydrogen (secondary N) is 1. The van der Waals surface area contributed by atoms with E-state index < -0.39 is 10.0 Å². The van der Waals surface area contributed by atoms with Gasteiger partial charge in [-0.3, -0.25) is 4.79 Å². The molecule has 2 aliphatic rings. The lowest BCUT2D eigenvalue weighted by atomic mass is 10.0. The molecule has 1 amide bonds. The molecule has 138 valence electrons. The van der Waals surface area contributed by atoms with E-state index in [4.69, 9.17) is 0 Å². The van der Waals surface area contributed by atoms with Gasteiger partial charge in [-0.25, -0.2) is 8.42 Å². The van der Waals surface area contributed by atoms with Crippen molar-refractivity contribution in [2.24, 2.45) is 0 Å². The van der Waals surface area contributed by atoms with Gasteiger partial charge in [-0.05, 0) is 38.3 Å². The highest BCUT2D eigenvalue weighted by molar-refractivity contribution is 7.89. The van der Waals surface area contributed by atoms with Crippen LogP contribution in [0.5, 0.6) is 0 Å². The van der Waals surface area contributed by atoms with Crippen LogP contribution in [0.3, 0.4) is 0 Å². The number of carbonyl (C=O) groups excluding carboxylic acids is 1. The van der Waals surface area contributed by atoms with E-state index in [0.717, 1.165) is 6.54 Å². The number of piperazine rings is 1. The van der Waals surface area contributed by atoms with Gasteiger partial charge in [0.2, 0.25) is 10.0 Å². The summed E-state index contributed by atoms with van der Waals surface area (Å²) in [7, 11) is -3.46. The Balaban J connectivity index is 1.55. The Bertz CT molecular complexity index is 685. The molecular formula is C18H28N3O3S+. The molecule has 7 heteroatoms. The van der Waals surface area contributed by atoms with E-state index in [1.54, 1.807) is 30.3 Å². The Kier molecular flexibility index (Phi) is 5.76. The van der Waals surface area contributed by atoms with E-state index in [1.807, 2.05) is 4.90 Å². The minimum Gasteiger partial charge on any atom is -0.335 e. The minimum absolute atomic E-state index is 0.153. The second-order valence-corrected chi connectivity index (χ2v) is 9.02. The molecule has 3 rings (SSSR count). The summed E-state index contributed by atoms with van der Waals surface area (Å²) in [6.45, 7) is 5.51. The van der Waals surface area contributed by atoms with Gasteiger partial charge in [0.05, 0.1) is 17.5 Å². The fourth-order valence-corrected chi connectivity index (χ4v) is 5.18. The fourth-order valence-electron chi connectivity index (χ4n) is 3.74. The molecule has 0 bridgehead atoms. The van der Waals surface area contributed by atoms with Crippen molar-refractivity contribution >= 4 is 15.9 Å². The van der Waals surface area contributed by atoms with Crippen LogP contribution in [0.25, 0.3) is 0 Å². The second-order valence-electron chi connectivity index (χ2n) is 7.08. The van der Waals surface area contributed by atoms with Gasteiger partial charge in [0.1, 0.15) is 0 Å². The van der Waals surface area contributed by atoms with Crippen LogP contribution < -0.4 is 4.90 Å². The SMILES string of the molecule is C[C@H]1CCCC[NH+]1CC(=O)N1CCN(S(=O)(=O)c2ccccc2)CC1. The molecule has 0 spiro atoms. The lowest BCUT2D eigenvalue weighted by Gasteiger charge is -2.36. The zero-order valence-electron chi connectivity index (χ0n) is 14.9. The molecule has 1 N–H and O–H groups in total. The van der Waals surface area contributed by atoms with Crippen LogP contribution in [0.1, 0.15) is 26.2 Å². The molecule has 0 saturated carbocycles. The summed E-state index contributed by atoms with van der Waals surface area (Å²) < 4.78 is 26.8. The molecule has 0 aliphatic carbocycles. The average molecular weight is 367 g/mol.